The Morgan fingerprint density at radius 3 is 2.57 bits per heavy atom. The van der Waals surface area contributed by atoms with E-state index in [9.17, 15) is 4.79 Å². The van der Waals surface area contributed by atoms with Gasteiger partial charge in [-0.2, -0.15) is 0 Å². The molecule has 2 heterocycles. The predicted octanol–water partition coefficient (Wildman–Crippen LogP) is 6.20. The number of carbonyl (C=O) groups is 1. The number of fused-ring (bicyclic) bond motifs is 1. The van der Waals surface area contributed by atoms with E-state index in [-0.39, 0.29) is 12.3 Å². The summed E-state index contributed by atoms with van der Waals surface area (Å²) in [5, 5.41) is 4.73. The molecule has 0 unspecified atom stereocenters. The number of nitrogens with one attached hydrogen (secondary N) is 1. The van der Waals surface area contributed by atoms with Gasteiger partial charge in [-0.05, 0) is 41.5 Å². The van der Waals surface area contributed by atoms with E-state index in [0.29, 0.717) is 18.2 Å². The van der Waals surface area contributed by atoms with Crippen molar-refractivity contribution in [3.63, 3.8) is 0 Å². The fourth-order valence-electron chi connectivity index (χ4n) is 4.11. The van der Waals surface area contributed by atoms with Gasteiger partial charge in [0.2, 0.25) is 5.91 Å². The van der Waals surface area contributed by atoms with Gasteiger partial charge in [-0.1, -0.05) is 60.1 Å². The molecular weight excluding hydrogens is 478 g/mol. The minimum absolute atomic E-state index is 0.110. The van der Waals surface area contributed by atoms with Gasteiger partial charge in [-0.25, -0.2) is 4.98 Å². The van der Waals surface area contributed by atoms with Crippen molar-refractivity contribution in [2.24, 2.45) is 0 Å². The van der Waals surface area contributed by atoms with Crippen molar-refractivity contribution in [1.82, 2.24) is 4.98 Å². The van der Waals surface area contributed by atoms with E-state index in [1.165, 1.54) is 5.56 Å². The summed E-state index contributed by atoms with van der Waals surface area (Å²) in [4.78, 5) is 21.1. The van der Waals surface area contributed by atoms with Gasteiger partial charge in [0, 0.05) is 39.8 Å². The van der Waals surface area contributed by atoms with Gasteiger partial charge >= 0.3 is 0 Å². The number of hydrogen-bond acceptors (Lipinski definition) is 5. The third-order valence-corrected chi connectivity index (χ3v) is 7.41. The minimum atomic E-state index is -0.110. The Labute approximate surface area is 214 Å². The zero-order valence-electron chi connectivity index (χ0n) is 19.2. The Morgan fingerprint density at radius 2 is 1.77 bits per heavy atom. The molecule has 1 amide bonds. The number of rotatable bonds is 7. The molecule has 7 heteroatoms. The second kappa shape index (κ2) is 11.1. The van der Waals surface area contributed by atoms with E-state index in [1.807, 2.05) is 36.4 Å². The summed E-state index contributed by atoms with van der Waals surface area (Å²) < 4.78 is 5.49. The normalized spacial score (nSPS) is 13.7. The largest absolute Gasteiger partial charge is 0.378 e. The highest BCUT2D eigenvalue weighted by atomic mass is 35.5. The van der Waals surface area contributed by atoms with E-state index in [2.05, 4.69) is 46.6 Å². The zero-order chi connectivity index (χ0) is 24.0. The SMILES string of the molecule is O=C(Cc1ccccc1Cl)Nc1cc(SCc2ccccc2)c2ccc(N3CCOCC3)nc2c1. The second-order valence-electron chi connectivity index (χ2n) is 8.40. The molecule has 1 fully saturated rings. The van der Waals surface area contributed by atoms with Crippen molar-refractivity contribution >= 4 is 51.7 Å². The summed E-state index contributed by atoms with van der Waals surface area (Å²) in [7, 11) is 0. The molecule has 1 saturated heterocycles. The van der Waals surface area contributed by atoms with Crippen molar-refractivity contribution in [3.8, 4) is 0 Å². The number of morpholine rings is 1. The van der Waals surface area contributed by atoms with E-state index in [1.54, 1.807) is 17.8 Å². The molecule has 0 radical (unpaired) electrons. The van der Waals surface area contributed by atoms with E-state index >= 15 is 0 Å². The highest BCUT2D eigenvalue weighted by Crippen LogP contribution is 2.34. The molecule has 0 aliphatic carbocycles. The topological polar surface area (TPSA) is 54.5 Å². The first-order chi connectivity index (χ1) is 17.2. The summed E-state index contributed by atoms with van der Waals surface area (Å²) >= 11 is 8.00. The van der Waals surface area contributed by atoms with Crippen LogP contribution in [0.25, 0.3) is 10.9 Å². The maximum Gasteiger partial charge on any atom is 0.228 e. The number of hydrogen-bond donors (Lipinski definition) is 1. The molecule has 0 spiro atoms. The molecular formula is C28H26ClN3O2S. The predicted molar refractivity (Wildman–Crippen MR) is 145 cm³/mol. The van der Waals surface area contributed by atoms with Crippen LogP contribution in [0.5, 0.6) is 0 Å². The van der Waals surface area contributed by atoms with Gasteiger partial charge in [0.15, 0.2) is 0 Å². The lowest BCUT2D eigenvalue weighted by atomic mass is 10.1. The molecule has 0 saturated carbocycles. The Balaban J connectivity index is 1.44. The van der Waals surface area contributed by atoms with Crippen molar-refractivity contribution in [3.05, 3.63) is 95.0 Å². The molecule has 1 aliphatic heterocycles. The fourth-order valence-corrected chi connectivity index (χ4v) is 5.36. The van der Waals surface area contributed by atoms with Crippen molar-refractivity contribution in [2.75, 3.05) is 36.5 Å². The summed E-state index contributed by atoms with van der Waals surface area (Å²) in [5.41, 5.74) is 3.65. The summed E-state index contributed by atoms with van der Waals surface area (Å²) in [6.07, 6.45) is 0.214. The number of pyridine rings is 1. The van der Waals surface area contributed by atoms with E-state index in [0.717, 1.165) is 51.7 Å². The number of nitrogens with zero attached hydrogens (tertiary/aromatic N) is 2. The first-order valence-corrected chi connectivity index (χ1v) is 13.0. The monoisotopic (exact) mass is 503 g/mol. The van der Waals surface area contributed by atoms with Gasteiger partial charge in [0.25, 0.3) is 0 Å². The van der Waals surface area contributed by atoms with Crippen molar-refractivity contribution in [2.45, 2.75) is 17.1 Å². The summed E-state index contributed by atoms with van der Waals surface area (Å²) in [6.45, 7) is 3.05. The Morgan fingerprint density at radius 1 is 1.00 bits per heavy atom. The molecule has 5 nitrogen and oxygen atoms in total. The highest BCUT2D eigenvalue weighted by Gasteiger charge is 2.15. The number of aromatic nitrogens is 1. The molecule has 178 valence electrons. The lowest BCUT2D eigenvalue weighted by Gasteiger charge is -2.28. The van der Waals surface area contributed by atoms with Crippen LogP contribution in [-0.2, 0) is 21.7 Å². The molecule has 0 atom stereocenters. The van der Waals surface area contributed by atoms with Crippen LogP contribution in [0.1, 0.15) is 11.1 Å². The van der Waals surface area contributed by atoms with E-state index in [4.69, 9.17) is 21.3 Å². The van der Waals surface area contributed by atoms with Crippen LogP contribution in [0.3, 0.4) is 0 Å². The molecule has 4 aromatic rings. The number of benzene rings is 3. The quantitative estimate of drug-likeness (QED) is 0.304. The maximum absolute atomic E-state index is 12.9. The Bertz CT molecular complexity index is 1330. The Hall–Kier alpha value is -3.06. The van der Waals surface area contributed by atoms with Crippen molar-refractivity contribution in [1.29, 1.82) is 0 Å². The molecule has 1 aromatic heterocycles. The molecule has 1 N–H and O–H groups in total. The van der Waals surface area contributed by atoms with Crippen LogP contribution in [0.15, 0.2) is 83.8 Å². The van der Waals surface area contributed by atoms with Gasteiger partial charge < -0.3 is 15.0 Å². The van der Waals surface area contributed by atoms with Crippen LogP contribution in [-0.4, -0.2) is 37.2 Å². The van der Waals surface area contributed by atoms with Crippen molar-refractivity contribution < 1.29 is 9.53 Å². The van der Waals surface area contributed by atoms with Gasteiger partial charge in [-0.3, -0.25) is 4.79 Å². The number of ether oxygens (including phenoxy) is 1. The zero-order valence-corrected chi connectivity index (χ0v) is 20.8. The number of halogens is 1. The fraction of sp³-hybridized carbons (Fsp3) is 0.214. The first-order valence-electron chi connectivity index (χ1n) is 11.6. The minimum Gasteiger partial charge on any atom is -0.378 e. The smallest absolute Gasteiger partial charge is 0.228 e. The summed E-state index contributed by atoms with van der Waals surface area (Å²) in [6, 6.07) is 26.0. The molecule has 0 bridgehead atoms. The van der Waals surface area contributed by atoms with Crippen LogP contribution >= 0.6 is 23.4 Å². The lowest BCUT2D eigenvalue weighted by molar-refractivity contribution is -0.115. The molecule has 5 rings (SSSR count). The number of amides is 1. The van der Waals surface area contributed by atoms with Gasteiger partial charge in [0.1, 0.15) is 5.82 Å². The summed E-state index contributed by atoms with van der Waals surface area (Å²) in [5.74, 6) is 1.65. The number of thioether (sulfide) groups is 1. The third kappa shape index (κ3) is 5.96. The lowest BCUT2D eigenvalue weighted by Crippen LogP contribution is -2.36. The third-order valence-electron chi connectivity index (χ3n) is 5.92. The molecule has 1 aliphatic rings. The van der Waals surface area contributed by atoms with Gasteiger partial charge in [0.05, 0.1) is 25.2 Å². The van der Waals surface area contributed by atoms with Gasteiger partial charge in [-0.15, -0.1) is 11.8 Å². The maximum atomic E-state index is 12.9. The standard InChI is InChI=1S/C28H26ClN3O2S/c29-24-9-5-4-8-21(24)16-28(33)30-22-17-25-23(10-11-27(31-25)32-12-14-34-15-13-32)26(18-22)35-19-20-6-2-1-3-7-20/h1-11,17-18H,12-16,19H2,(H,30,33). The van der Waals surface area contributed by atoms with Crippen LogP contribution in [0.2, 0.25) is 5.02 Å². The van der Waals surface area contributed by atoms with Crippen LogP contribution in [0.4, 0.5) is 11.5 Å². The number of carbonyl (C=O) groups excluding carboxylic acids is 1. The second-order valence-corrected chi connectivity index (χ2v) is 9.82. The Kier molecular flexibility index (Phi) is 7.52. The number of anilines is 2. The van der Waals surface area contributed by atoms with Crippen LogP contribution in [0, 0.1) is 0 Å². The average molecular weight is 504 g/mol. The molecule has 35 heavy (non-hydrogen) atoms. The average Bonchev–Trinajstić information content (AvgIpc) is 2.89. The molecule has 3 aromatic carbocycles. The first kappa shape index (κ1) is 23.7. The van der Waals surface area contributed by atoms with Crippen LogP contribution < -0.4 is 10.2 Å². The highest BCUT2D eigenvalue weighted by molar-refractivity contribution is 7.98. The van der Waals surface area contributed by atoms with E-state index < -0.39 is 0 Å².